The predicted molar refractivity (Wildman–Crippen MR) is 79.2 cm³/mol. The Bertz CT molecular complexity index is 477. The summed E-state index contributed by atoms with van der Waals surface area (Å²) in [7, 11) is 0. The van der Waals surface area contributed by atoms with Crippen LogP contribution in [0, 0.1) is 0 Å². The second kappa shape index (κ2) is 5.63. The van der Waals surface area contributed by atoms with Gasteiger partial charge in [0.2, 0.25) is 0 Å². The van der Waals surface area contributed by atoms with Crippen molar-refractivity contribution in [3.05, 3.63) is 34.3 Å². The first-order valence-corrected chi connectivity index (χ1v) is 7.83. The normalized spacial score (nSPS) is 27.0. The van der Waals surface area contributed by atoms with Gasteiger partial charge in [-0.3, -0.25) is 4.79 Å². The van der Waals surface area contributed by atoms with Crippen LogP contribution < -0.4 is 5.32 Å². The van der Waals surface area contributed by atoms with Crippen LogP contribution in [-0.4, -0.2) is 36.0 Å². The highest BCUT2D eigenvalue weighted by molar-refractivity contribution is 9.10. The average molecular weight is 323 g/mol. The molecule has 0 saturated carbocycles. The largest absolute Gasteiger partial charge is 0.349 e. The lowest BCUT2D eigenvalue weighted by Crippen LogP contribution is -2.47. The quantitative estimate of drug-likeness (QED) is 0.908. The number of hydrogen-bond acceptors (Lipinski definition) is 2. The van der Waals surface area contributed by atoms with Crippen molar-refractivity contribution in [1.82, 2.24) is 10.2 Å². The number of fused-ring (bicyclic) bond motifs is 1. The molecule has 1 amide bonds. The summed E-state index contributed by atoms with van der Waals surface area (Å²) >= 11 is 3.44. The van der Waals surface area contributed by atoms with Gasteiger partial charge in [-0.2, -0.15) is 0 Å². The lowest BCUT2D eigenvalue weighted by molar-refractivity contribution is 0.0895. The molecular weight excluding hydrogens is 304 g/mol. The minimum atomic E-state index is 0.0453. The van der Waals surface area contributed by atoms with Crippen LogP contribution in [0.3, 0.4) is 0 Å². The van der Waals surface area contributed by atoms with Gasteiger partial charge in [-0.05, 0) is 60.3 Å². The molecule has 2 unspecified atom stereocenters. The molecule has 0 radical (unpaired) electrons. The molecule has 19 heavy (non-hydrogen) atoms. The van der Waals surface area contributed by atoms with Crippen LogP contribution in [0.1, 0.15) is 36.0 Å². The smallest absolute Gasteiger partial charge is 0.252 e. The minimum absolute atomic E-state index is 0.0453. The van der Waals surface area contributed by atoms with E-state index in [0.29, 0.717) is 12.1 Å². The zero-order valence-corrected chi connectivity index (χ0v) is 12.5. The Morgan fingerprint density at radius 3 is 2.95 bits per heavy atom. The Balaban J connectivity index is 1.62. The number of halogens is 1. The standard InChI is InChI=1S/C15H19BrN2O/c16-14-6-2-1-5-13(14)15(19)17-11-7-9-18-8-3-4-12(18)10-11/h1-2,5-6,11-12H,3-4,7-10H2,(H,17,19). The van der Waals surface area contributed by atoms with Gasteiger partial charge in [-0.25, -0.2) is 0 Å². The van der Waals surface area contributed by atoms with Gasteiger partial charge in [0.1, 0.15) is 0 Å². The number of amides is 1. The number of carbonyl (C=O) groups excluding carboxylic acids is 1. The third kappa shape index (κ3) is 2.84. The predicted octanol–water partition coefficient (Wildman–Crippen LogP) is 2.81. The topological polar surface area (TPSA) is 32.3 Å². The van der Waals surface area contributed by atoms with E-state index >= 15 is 0 Å². The first-order chi connectivity index (χ1) is 9.24. The van der Waals surface area contributed by atoms with Gasteiger partial charge in [0.25, 0.3) is 5.91 Å². The number of carbonyl (C=O) groups is 1. The van der Waals surface area contributed by atoms with E-state index in [0.717, 1.165) is 29.4 Å². The van der Waals surface area contributed by atoms with E-state index in [2.05, 4.69) is 26.1 Å². The molecule has 3 rings (SSSR count). The molecule has 2 aliphatic heterocycles. The number of benzene rings is 1. The number of nitrogens with zero attached hydrogens (tertiary/aromatic N) is 1. The third-order valence-corrected chi connectivity index (χ3v) is 4.97. The van der Waals surface area contributed by atoms with E-state index in [9.17, 15) is 4.79 Å². The van der Waals surface area contributed by atoms with Crippen LogP contribution in [0.15, 0.2) is 28.7 Å². The summed E-state index contributed by atoms with van der Waals surface area (Å²) in [6, 6.07) is 8.63. The summed E-state index contributed by atoms with van der Waals surface area (Å²) in [5.74, 6) is 0.0453. The van der Waals surface area contributed by atoms with Crippen molar-refractivity contribution in [3.63, 3.8) is 0 Å². The van der Waals surface area contributed by atoms with E-state index < -0.39 is 0 Å². The van der Waals surface area contributed by atoms with Gasteiger partial charge >= 0.3 is 0 Å². The van der Waals surface area contributed by atoms with E-state index in [1.807, 2.05) is 24.3 Å². The molecule has 0 aliphatic carbocycles. The van der Waals surface area contributed by atoms with Gasteiger partial charge in [-0.15, -0.1) is 0 Å². The third-order valence-electron chi connectivity index (χ3n) is 4.27. The van der Waals surface area contributed by atoms with E-state index in [1.165, 1.54) is 19.4 Å². The lowest BCUT2D eigenvalue weighted by atomic mass is 9.97. The molecule has 3 nitrogen and oxygen atoms in total. The van der Waals surface area contributed by atoms with Crippen LogP contribution in [0.2, 0.25) is 0 Å². The first-order valence-electron chi connectivity index (χ1n) is 7.03. The van der Waals surface area contributed by atoms with Crippen molar-refractivity contribution < 1.29 is 4.79 Å². The van der Waals surface area contributed by atoms with Crippen LogP contribution in [0.4, 0.5) is 0 Å². The fourth-order valence-electron chi connectivity index (χ4n) is 3.26. The van der Waals surface area contributed by atoms with Crippen molar-refractivity contribution in [2.24, 2.45) is 0 Å². The highest BCUT2D eigenvalue weighted by Crippen LogP contribution is 2.27. The highest BCUT2D eigenvalue weighted by atomic mass is 79.9. The molecule has 2 atom stereocenters. The fourth-order valence-corrected chi connectivity index (χ4v) is 3.73. The average Bonchev–Trinajstić information content (AvgIpc) is 2.86. The molecule has 1 aromatic rings. The molecule has 0 aromatic heterocycles. The molecule has 2 heterocycles. The number of piperidine rings is 1. The van der Waals surface area contributed by atoms with Crippen molar-refractivity contribution in [2.75, 3.05) is 13.1 Å². The maximum Gasteiger partial charge on any atom is 0.252 e. The van der Waals surface area contributed by atoms with E-state index in [4.69, 9.17) is 0 Å². The number of rotatable bonds is 2. The molecular formula is C15H19BrN2O. The summed E-state index contributed by atoms with van der Waals surface area (Å²) in [5, 5.41) is 3.19. The summed E-state index contributed by atoms with van der Waals surface area (Å²) in [6.07, 6.45) is 4.79. The van der Waals surface area contributed by atoms with Crippen LogP contribution in [0.25, 0.3) is 0 Å². The Hall–Kier alpha value is -0.870. The van der Waals surface area contributed by atoms with Gasteiger partial charge in [-0.1, -0.05) is 12.1 Å². The van der Waals surface area contributed by atoms with E-state index in [1.54, 1.807) is 0 Å². The maximum atomic E-state index is 12.3. The lowest BCUT2D eigenvalue weighted by Gasteiger charge is -2.35. The molecule has 2 fully saturated rings. The minimum Gasteiger partial charge on any atom is -0.349 e. The highest BCUT2D eigenvalue weighted by Gasteiger charge is 2.32. The Morgan fingerprint density at radius 2 is 2.11 bits per heavy atom. The molecule has 4 heteroatoms. The van der Waals surface area contributed by atoms with E-state index in [-0.39, 0.29) is 5.91 Å². The van der Waals surface area contributed by atoms with Crippen molar-refractivity contribution in [2.45, 2.75) is 37.8 Å². The molecule has 1 N–H and O–H groups in total. The summed E-state index contributed by atoms with van der Waals surface area (Å²) in [5.41, 5.74) is 0.733. The molecule has 0 bridgehead atoms. The summed E-state index contributed by atoms with van der Waals surface area (Å²) in [4.78, 5) is 14.8. The molecule has 2 aliphatic rings. The van der Waals surface area contributed by atoms with Gasteiger partial charge in [0.15, 0.2) is 0 Å². The van der Waals surface area contributed by atoms with Crippen LogP contribution in [-0.2, 0) is 0 Å². The zero-order valence-electron chi connectivity index (χ0n) is 10.9. The van der Waals surface area contributed by atoms with Gasteiger partial charge < -0.3 is 10.2 Å². The second-order valence-electron chi connectivity index (χ2n) is 5.51. The molecule has 0 spiro atoms. The molecule has 1 aromatic carbocycles. The van der Waals surface area contributed by atoms with Crippen molar-refractivity contribution >= 4 is 21.8 Å². The monoisotopic (exact) mass is 322 g/mol. The maximum absolute atomic E-state index is 12.3. The Labute approximate surface area is 122 Å². The molecule has 2 saturated heterocycles. The van der Waals surface area contributed by atoms with Crippen LogP contribution >= 0.6 is 15.9 Å². The number of hydrogen-bond donors (Lipinski definition) is 1. The summed E-state index contributed by atoms with van der Waals surface area (Å²) < 4.78 is 0.866. The SMILES string of the molecule is O=C(NC1CCN2CCCC2C1)c1ccccc1Br. The van der Waals surface area contributed by atoms with Gasteiger partial charge in [0, 0.05) is 23.1 Å². The van der Waals surface area contributed by atoms with Crippen LogP contribution in [0.5, 0.6) is 0 Å². The molecule has 102 valence electrons. The Kier molecular flexibility index (Phi) is 3.89. The van der Waals surface area contributed by atoms with Crippen molar-refractivity contribution in [3.8, 4) is 0 Å². The zero-order chi connectivity index (χ0) is 13.2. The fraction of sp³-hybridized carbons (Fsp3) is 0.533. The number of nitrogens with one attached hydrogen (secondary N) is 1. The van der Waals surface area contributed by atoms with Gasteiger partial charge in [0.05, 0.1) is 5.56 Å². The Morgan fingerprint density at radius 1 is 1.26 bits per heavy atom. The van der Waals surface area contributed by atoms with Crippen molar-refractivity contribution in [1.29, 1.82) is 0 Å². The summed E-state index contributed by atoms with van der Waals surface area (Å²) in [6.45, 7) is 2.38. The second-order valence-corrected chi connectivity index (χ2v) is 6.36. The first kappa shape index (κ1) is 13.1.